The Hall–Kier alpha value is -2.36. The second-order valence-electron chi connectivity index (χ2n) is 5.47. The molecular formula is C18H20FNO2. The van der Waals surface area contributed by atoms with Gasteiger partial charge < -0.3 is 10.1 Å². The number of nitrogens with one attached hydrogen (secondary N) is 1. The maximum absolute atomic E-state index is 13.6. The topological polar surface area (TPSA) is 38.3 Å². The molecule has 0 saturated carbocycles. The predicted molar refractivity (Wildman–Crippen MR) is 85.8 cm³/mol. The normalized spacial score (nSPS) is 10.6. The van der Waals surface area contributed by atoms with Gasteiger partial charge in [0.15, 0.2) is 11.6 Å². The molecule has 0 atom stereocenters. The van der Waals surface area contributed by atoms with Gasteiger partial charge in [-0.1, -0.05) is 32.0 Å². The van der Waals surface area contributed by atoms with E-state index in [-0.39, 0.29) is 18.1 Å². The molecule has 0 radical (unpaired) electrons. The summed E-state index contributed by atoms with van der Waals surface area (Å²) in [7, 11) is 1.41. The van der Waals surface area contributed by atoms with Crippen molar-refractivity contribution >= 4 is 11.6 Å². The van der Waals surface area contributed by atoms with Gasteiger partial charge >= 0.3 is 0 Å². The van der Waals surface area contributed by atoms with Crippen molar-refractivity contribution in [2.75, 3.05) is 12.4 Å². The third kappa shape index (κ3) is 4.07. The van der Waals surface area contributed by atoms with E-state index in [0.29, 0.717) is 11.5 Å². The van der Waals surface area contributed by atoms with E-state index in [0.717, 1.165) is 11.3 Å². The van der Waals surface area contributed by atoms with Gasteiger partial charge in [-0.25, -0.2) is 4.39 Å². The van der Waals surface area contributed by atoms with Gasteiger partial charge in [0.2, 0.25) is 5.91 Å². The number of benzene rings is 2. The standard InChI is InChI=1S/C18H20FNO2/c1-12(2)14-5-4-6-15(11-14)20-18(21)10-13-7-8-17(22-3)16(19)9-13/h4-9,11-12H,10H2,1-3H3,(H,20,21). The molecular weight excluding hydrogens is 281 g/mol. The number of anilines is 1. The second-order valence-corrected chi connectivity index (χ2v) is 5.47. The minimum Gasteiger partial charge on any atom is -0.494 e. The number of methoxy groups -OCH3 is 1. The van der Waals surface area contributed by atoms with Gasteiger partial charge in [0.1, 0.15) is 0 Å². The summed E-state index contributed by atoms with van der Waals surface area (Å²) in [4.78, 5) is 12.1. The van der Waals surface area contributed by atoms with Crippen LogP contribution in [-0.4, -0.2) is 13.0 Å². The highest BCUT2D eigenvalue weighted by atomic mass is 19.1. The van der Waals surface area contributed by atoms with Gasteiger partial charge in [-0.15, -0.1) is 0 Å². The molecule has 0 bridgehead atoms. The van der Waals surface area contributed by atoms with Crippen LogP contribution < -0.4 is 10.1 Å². The highest BCUT2D eigenvalue weighted by Gasteiger charge is 2.09. The third-order valence-electron chi connectivity index (χ3n) is 3.42. The fourth-order valence-corrected chi connectivity index (χ4v) is 2.19. The lowest BCUT2D eigenvalue weighted by atomic mass is 10.0. The van der Waals surface area contributed by atoms with Crippen LogP contribution in [0.25, 0.3) is 0 Å². The molecule has 0 saturated heterocycles. The van der Waals surface area contributed by atoms with E-state index in [1.54, 1.807) is 6.07 Å². The Morgan fingerprint density at radius 1 is 1.23 bits per heavy atom. The van der Waals surface area contributed by atoms with Crippen molar-refractivity contribution in [1.82, 2.24) is 0 Å². The molecule has 2 rings (SSSR count). The van der Waals surface area contributed by atoms with Crippen molar-refractivity contribution in [3.8, 4) is 5.75 Å². The van der Waals surface area contributed by atoms with Crippen molar-refractivity contribution < 1.29 is 13.9 Å². The molecule has 3 nitrogen and oxygen atoms in total. The van der Waals surface area contributed by atoms with Gasteiger partial charge in [-0.3, -0.25) is 4.79 Å². The molecule has 116 valence electrons. The molecule has 2 aromatic carbocycles. The van der Waals surface area contributed by atoms with Crippen LogP contribution in [0.15, 0.2) is 42.5 Å². The number of hydrogen-bond donors (Lipinski definition) is 1. The number of rotatable bonds is 5. The van der Waals surface area contributed by atoms with Crippen LogP contribution in [0.3, 0.4) is 0 Å². The Morgan fingerprint density at radius 3 is 2.64 bits per heavy atom. The summed E-state index contributed by atoms with van der Waals surface area (Å²) in [6.45, 7) is 4.20. The zero-order chi connectivity index (χ0) is 16.1. The summed E-state index contributed by atoms with van der Waals surface area (Å²) >= 11 is 0. The average Bonchev–Trinajstić information content (AvgIpc) is 2.47. The van der Waals surface area contributed by atoms with Crippen molar-refractivity contribution in [1.29, 1.82) is 0 Å². The molecule has 0 aromatic heterocycles. The Balaban J connectivity index is 2.04. The number of amides is 1. The van der Waals surface area contributed by atoms with Crippen molar-refractivity contribution in [2.24, 2.45) is 0 Å². The van der Waals surface area contributed by atoms with Crippen LogP contribution in [0.2, 0.25) is 0 Å². The van der Waals surface area contributed by atoms with E-state index < -0.39 is 5.82 Å². The molecule has 4 heteroatoms. The maximum atomic E-state index is 13.6. The van der Waals surface area contributed by atoms with Crippen LogP contribution in [0, 0.1) is 5.82 Å². The van der Waals surface area contributed by atoms with E-state index in [4.69, 9.17) is 4.74 Å². The summed E-state index contributed by atoms with van der Waals surface area (Å²) in [5.41, 5.74) is 2.52. The van der Waals surface area contributed by atoms with E-state index in [1.807, 2.05) is 24.3 Å². The Bertz CT molecular complexity index is 668. The van der Waals surface area contributed by atoms with Crippen LogP contribution in [0.1, 0.15) is 30.9 Å². The first-order chi connectivity index (χ1) is 10.5. The zero-order valence-electron chi connectivity index (χ0n) is 13.0. The molecule has 1 amide bonds. The number of ether oxygens (including phenoxy) is 1. The summed E-state index contributed by atoms with van der Waals surface area (Å²) in [5, 5.41) is 2.84. The Labute approximate surface area is 130 Å². The lowest BCUT2D eigenvalue weighted by Crippen LogP contribution is -2.14. The molecule has 1 N–H and O–H groups in total. The molecule has 0 fully saturated rings. The van der Waals surface area contributed by atoms with E-state index >= 15 is 0 Å². The fraction of sp³-hybridized carbons (Fsp3) is 0.278. The molecule has 2 aromatic rings. The molecule has 22 heavy (non-hydrogen) atoms. The van der Waals surface area contributed by atoms with Crippen molar-refractivity contribution in [3.63, 3.8) is 0 Å². The smallest absolute Gasteiger partial charge is 0.228 e. The summed E-state index contributed by atoms with van der Waals surface area (Å²) in [6, 6.07) is 12.3. The van der Waals surface area contributed by atoms with E-state index in [2.05, 4.69) is 19.2 Å². The van der Waals surface area contributed by atoms with Crippen LogP contribution >= 0.6 is 0 Å². The predicted octanol–water partition coefficient (Wildman–Crippen LogP) is 4.14. The summed E-state index contributed by atoms with van der Waals surface area (Å²) < 4.78 is 18.5. The quantitative estimate of drug-likeness (QED) is 0.901. The van der Waals surface area contributed by atoms with Gasteiger partial charge in [0.05, 0.1) is 13.5 Å². The first-order valence-corrected chi connectivity index (χ1v) is 7.22. The monoisotopic (exact) mass is 301 g/mol. The first-order valence-electron chi connectivity index (χ1n) is 7.22. The van der Waals surface area contributed by atoms with E-state index in [1.165, 1.54) is 19.2 Å². The number of carbonyl (C=O) groups is 1. The fourth-order valence-electron chi connectivity index (χ4n) is 2.19. The zero-order valence-corrected chi connectivity index (χ0v) is 13.0. The molecule has 0 unspecified atom stereocenters. The molecule has 0 aliphatic heterocycles. The number of halogens is 1. The SMILES string of the molecule is COc1ccc(CC(=O)Nc2cccc(C(C)C)c2)cc1F. The minimum absolute atomic E-state index is 0.118. The van der Waals surface area contributed by atoms with Gasteiger partial charge in [0.25, 0.3) is 0 Å². The number of carbonyl (C=O) groups excluding carboxylic acids is 1. The number of hydrogen-bond acceptors (Lipinski definition) is 2. The summed E-state index contributed by atoms with van der Waals surface area (Å²) in [6.07, 6.45) is 0.118. The second kappa shape index (κ2) is 7.07. The Morgan fingerprint density at radius 2 is 2.00 bits per heavy atom. The van der Waals surface area contributed by atoms with Gasteiger partial charge in [0, 0.05) is 5.69 Å². The highest BCUT2D eigenvalue weighted by molar-refractivity contribution is 5.92. The van der Waals surface area contributed by atoms with Gasteiger partial charge in [-0.05, 0) is 41.3 Å². The average molecular weight is 301 g/mol. The maximum Gasteiger partial charge on any atom is 0.228 e. The highest BCUT2D eigenvalue weighted by Crippen LogP contribution is 2.20. The van der Waals surface area contributed by atoms with Crippen molar-refractivity contribution in [2.45, 2.75) is 26.2 Å². The molecule has 0 spiro atoms. The molecule has 0 aliphatic rings. The summed E-state index contributed by atoms with van der Waals surface area (Å²) in [5.74, 6) is -0.0681. The lowest BCUT2D eigenvalue weighted by molar-refractivity contribution is -0.115. The minimum atomic E-state index is -0.463. The van der Waals surface area contributed by atoms with E-state index in [9.17, 15) is 9.18 Å². The largest absolute Gasteiger partial charge is 0.494 e. The lowest BCUT2D eigenvalue weighted by Gasteiger charge is -2.10. The first kappa shape index (κ1) is 16.0. The molecule has 0 heterocycles. The van der Waals surface area contributed by atoms with Crippen LogP contribution in [-0.2, 0) is 11.2 Å². The van der Waals surface area contributed by atoms with Gasteiger partial charge in [-0.2, -0.15) is 0 Å². The van der Waals surface area contributed by atoms with Crippen molar-refractivity contribution in [3.05, 3.63) is 59.4 Å². The Kier molecular flexibility index (Phi) is 5.15. The van der Waals surface area contributed by atoms with Crippen LogP contribution in [0.5, 0.6) is 5.75 Å². The van der Waals surface area contributed by atoms with Crippen LogP contribution in [0.4, 0.5) is 10.1 Å². The third-order valence-corrected chi connectivity index (χ3v) is 3.42. The molecule has 0 aliphatic carbocycles.